The number of ketones is 6. The fourth-order valence-electron chi connectivity index (χ4n) is 12.9. The molecule has 32 nitrogen and oxygen atoms in total. The molecule has 0 fully saturated rings. The minimum absolute atomic E-state index is 0. The van der Waals surface area contributed by atoms with Crippen molar-refractivity contribution in [2.75, 3.05) is 59.2 Å². The number of alkyl carbamates (subject to hydrolysis) is 1. The summed E-state index contributed by atoms with van der Waals surface area (Å²) in [6, 6.07) is 36.4. The summed E-state index contributed by atoms with van der Waals surface area (Å²) in [5.74, 6) is -8.37. The third-order valence-corrected chi connectivity index (χ3v) is 19.6. The van der Waals surface area contributed by atoms with E-state index in [0.717, 1.165) is 45.3 Å². The summed E-state index contributed by atoms with van der Waals surface area (Å²) in [4.78, 5) is 186. The monoisotopic (exact) mass is 1810 g/mol. The van der Waals surface area contributed by atoms with Crippen LogP contribution in [0, 0.1) is 30.6 Å². The first-order valence-electron chi connectivity index (χ1n) is 42.3. The molecule has 0 bridgehead atoms. The average Bonchev–Trinajstić information content (AvgIpc) is 0.863. The number of Topliss-reactive ketones (excluding diaryl/α,β-unsaturated/α-hetero) is 6. The Kier molecular flexibility index (Phi) is 53.0. The minimum atomic E-state index is -1.32. The zero-order valence-corrected chi connectivity index (χ0v) is 73.7. The van der Waals surface area contributed by atoms with Gasteiger partial charge >= 0.3 is 31.5 Å². The van der Waals surface area contributed by atoms with Gasteiger partial charge in [0.1, 0.15) is 24.8 Å². The van der Waals surface area contributed by atoms with Gasteiger partial charge in [0, 0.05) is 120 Å². The number of aliphatic hydroxyl groups excluding tert-OH is 1. The maximum Gasteiger partial charge on any atom is 2.00 e. The molecule has 0 aliphatic carbocycles. The third-order valence-electron chi connectivity index (χ3n) is 19.6. The van der Waals surface area contributed by atoms with Crippen LogP contribution in [-0.2, 0) is 99.5 Å². The van der Waals surface area contributed by atoms with Crippen LogP contribution in [0.15, 0.2) is 170 Å². The quantitative estimate of drug-likeness (QED) is 0.00734. The topological polar surface area (TPSA) is 501 Å². The average molecular weight is 1810 g/mol. The van der Waals surface area contributed by atoms with Crippen molar-refractivity contribution in [3.63, 3.8) is 0 Å². The van der Waals surface area contributed by atoms with Gasteiger partial charge in [-0.3, -0.25) is 87.6 Å². The molecular weight excluding hydrogens is 1690 g/mol. The second-order valence-corrected chi connectivity index (χ2v) is 30.4. The van der Waals surface area contributed by atoms with E-state index in [1.54, 1.807) is 67.5 Å². The largest absolute Gasteiger partial charge is 2.00 e. The molecule has 6 aromatic heterocycles. The molecule has 33 heteroatoms. The fourth-order valence-corrected chi connectivity index (χ4v) is 12.9. The summed E-state index contributed by atoms with van der Waals surface area (Å²) >= 11 is 0. The van der Waals surface area contributed by atoms with Crippen LogP contribution >= 0.6 is 0 Å². The Balaban J connectivity index is 0.00000110. The molecule has 0 aliphatic heterocycles. The van der Waals surface area contributed by atoms with Crippen LogP contribution < -0.4 is 43.8 Å². The molecule has 0 aliphatic rings. The number of hydrogen-bond acceptors (Lipinski definition) is 24. The summed E-state index contributed by atoms with van der Waals surface area (Å²) in [6.45, 7) is 6.50. The molecule has 5 amide bonds. The number of carbonyl (C=O) groups excluding carboxylic acids is 11. The van der Waals surface area contributed by atoms with E-state index in [1.165, 1.54) is 6.92 Å². The molecule has 6 atom stereocenters. The Morgan fingerprint density at radius 3 is 1.62 bits per heavy atom. The van der Waals surface area contributed by atoms with Crippen molar-refractivity contribution >= 4 is 76.4 Å². The number of ether oxygens (including phenoxy) is 3. The van der Waals surface area contributed by atoms with Crippen molar-refractivity contribution in [3.05, 3.63) is 181 Å². The number of rotatable bonds is 58. The number of benzene rings is 1. The van der Waals surface area contributed by atoms with Crippen molar-refractivity contribution in [2.24, 2.45) is 45.9 Å². The number of hydrogen-bond donors (Lipinski definition) is 10. The Morgan fingerprint density at radius 1 is 0.480 bits per heavy atom. The number of amides is 5. The number of aliphatic carboxylic acids is 1. The van der Waals surface area contributed by atoms with Crippen LogP contribution in [0.4, 0.5) is 4.79 Å². The van der Waals surface area contributed by atoms with Crippen molar-refractivity contribution in [2.45, 2.75) is 194 Å². The van der Waals surface area contributed by atoms with Gasteiger partial charge in [-0.1, -0.05) is 74.9 Å². The van der Waals surface area contributed by atoms with Crippen LogP contribution in [0.2, 0.25) is 0 Å². The van der Waals surface area contributed by atoms with E-state index in [4.69, 9.17) is 31.4 Å². The molecular formula is C92H123N15O17Ru+2. The number of carbonyl (C=O) groups is 12. The summed E-state index contributed by atoms with van der Waals surface area (Å²) in [5, 5.41) is 33.0. The smallest absolute Gasteiger partial charge is 0.481 e. The van der Waals surface area contributed by atoms with E-state index < -0.39 is 109 Å². The van der Waals surface area contributed by atoms with Crippen LogP contribution in [-0.4, -0.2) is 194 Å². The number of nitrogens with zero attached hydrogens (tertiary/aromatic N) is 7. The van der Waals surface area contributed by atoms with Crippen molar-refractivity contribution < 1.29 is 101 Å². The summed E-state index contributed by atoms with van der Waals surface area (Å²) in [5.41, 5.74) is 24.7. The second-order valence-electron chi connectivity index (χ2n) is 30.4. The molecule has 0 saturated carbocycles. The summed E-state index contributed by atoms with van der Waals surface area (Å²) in [6.07, 6.45) is 13.7. The van der Waals surface area contributed by atoms with E-state index in [0.29, 0.717) is 70.0 Å². The van der Waals surface area contributed by atoms with Gasteiger partial charge in [-0.25, -0.2) is 4.79 Å². The van der Waals surface area contributed by atoms with E-state index in [-0.39, 0.29) is 171 Å². The number of unbranched alkanes of at least 4 members (excludes halogenated alkanes) is 2. The van der Waals surface area contributed by atoms with Crippen molar-refractivity contribution in [1.82, 2.24) is 56.5 Å². The SMILES string of the molecule is CC(=O)[C@H](CCCCNC(=O)CCCc1ccnc(-c2cc(C)ccn2)c1)CC(=O)CCCC(=O)[C@H](CCC(=O)O)NC(=O)COCCOCCCC(=O)CNC(=O)[C@@H](CC(=O)[C@H](CCCCN)NC(=O)[C@H](CO)CC(=O)[C@H](CCCN=C(N)N)NC(=O)OCc1ccccc1)CC(C)C.[Ru+2].c1ccc(-c2ccccn2)nc1.c1ccc(-c2ccccn2)nc1. The van der Waals surface area contributed by atoms with Gasteiger partial charge in [0.15, 0.2) is 29.1 Å². The Bertz CT molecular complexity index is 4280. The summed E-state index contributed by atoms with van der Waals surface area (Å²) < 4.78 is 16.3. The van der Waals surface area contributed by atoms with Crippen LogP contribution in [0.3, 0.4) is 0 Å². The standard InChI is InChI=1S/C72H107N11O17.2C10H8N2.Ru/c1-48(2)38-54(42-64(89)58(22-8-10-30-73)82-70(96)55(45-84)43-65(90)59(23-14-32-79-71(74)75)83-72(97)100-46-52-16-6-5-7-17-52)69(95)80-44-57(87)21-15-35-98-36-37-99-47-67(92)81-60(26-27-68(93)94)63(88)24-13-20-56(86)41-53(50(4)85)19-9-11-31-78-66(91)25-12-18-51-29-34-77-62(40-51)61-39-49(3)28-33-76-61;2*1-3-7-11-9(5-1)10-6-2-4-8-12-10;/h5-7,16-17,28-29,33-34,39-40,48,53-55,58-60,84H,8-15,18-27,30-32,35-38,41-47,73H2,1-4H3,(H,78,91)(H,80,95)(H,81,92)(H,82,96)(H,83,97)(H,93,94)(H4,74,75,79);2*1-8H;/q;;;+2/t53-,54-,55+,58+,59+,60+;;;/m1.../s1. The molecule has 6 heterocycles. The molecule has 0 unspecified atom stereocenters. The van der Waals surface area contributed by atoms with Gasteiger partial charge < -0.3 is 68.2 Å². The number of guanidine groups is 1. The van der Waals surface area contributed by atoms with E-state index in [2.05, 4.69) is 61.5 Å². The number of aliphatic imine (C=N–C) groups is 1. The fraction of sp³-hybridized carbons (Fsp3) is 0.467. The van der Waals surface area contributed by atoms with Gasteiger partial charge in [-0.15, -0.1) is 0 Å². The molecule has 674 valence electrons. The third kappa shape index (κ3) is 46.2. The first kappa shape index (κ1) is 106. The number of nitrogens with one attached hydrogen (secondary N) is 5. The number of aryl methyl sites for hydroxylation is 2. The molecule has 7 rings (SSSR count). The minimum Gasteiger partial charge on any atom is -0.481 e. The molecule has 0 spiro atoms. The zero-order chi connectivity index (χ0) is 90.1. The maximum atomic E-state index is 14.0. The molecule has 13 N–H and O–H groups in total. The number of carboxylic acid groups (broad SMARTS) is 1. The second kappa shape index (κ2) is 62.6. The number of carboxylic acids is 1. The molecule has 7 aromatic rings. The molecule has 0 saturated heterocycles. The first-order chi connectivity index (χ1) is 59.8. The molecule has 1 aromatic carbocycles. The summed E-state index contributed by atoms with van der Waals surface area (Å²) in [7, 11) is 0. The Hall–Kier alpha value is -11.5. The Morgan fingerprint density at radius 2 is 1.04 bits per heavy atom. The molecule has 125 heavy (non-hydrogen) atoms. The van der Waals surface area contributed by atoms with Gasteiger partial charge in [0.25, 0.3) is 0 Å². The van der Waals surface area contributed by atoms with Gasteiger partial charge in [-0.2, -0.15) is 0 Å². The number of aromatic nitrogens is 6. The van der Waals surface area contributed by atoms with Crippen molar-refractivity contribution in [1.29, 1.82) is 0 Å². The maximum absolute atomic E-state index is 14.0. The Labute approximate surface area is 744 Å². The predicted molar refractivity (Wildman–Crippen MR) is 468 cm³/mol. The van der Waals surface area contributed by atoms with Gasteiger partial charge in [-0.05, 0) is 199 Å². The number of aliphatic hydroxyl groups is 1. The normalized spacial score (nSPS) is 12.2. The van der Waals surface area contributed by atoms with E-state index >= 15 is 0 Å². The zero-order valence-electron chi connectivity index (χ0n) is 72.0. The van der Waals surface area contributed by atoms with Crippen molar-refractivity contribution in [3.8, 4) is 34.2 Å². The van der Waals surface area contributed by atoms with E-state index in [1.807, 2.05) is 118 Å². The first-order valence-corrected chi connectivity index (χ1v) is 42.3. The van der Waals surface area contributed by atoms with Crippen LogP contribution in [0.25, 0.3) is 34.2 Å². The van der Waals surface area contributed by atoms with Gasteiger partial charge in [0.2, 0.25) is 23.6 Å². The van der Waals surface area contributed by atoms with Crippen LogP contribution in [0.1, 0.15) is 172 Å². The van der Waals surface area contributed by atoms with Crippen LogP contribution in [0.5, 0.6) is 0 Å². The predicted octanol–water partition coefficient (Wildman–Crippen LogP) is 9.25. The van der Waals surface area contributed by atoms with Gasteiger partial charge in [0.05, 0.1) is 84.6 Å². The molecule has 0 radical (unpaired) electrons. The van der Waals surface area contributed by atoms with E-state index in [9.17, 15) is 67.7 Å². The number of pyridine rings is 6. The number of nitrogens with two attached hydrogens (primary N) is 3.